The number of aliphatic hydroxyl groups excluding tert-OH is 1. The fourth-order valence-electron chi connectivity index (χ4n) is 4.91. The minimum Gasteiger partial charge on any atom is -0.504 e. The summed E-state index contributed by atoms with van der Waals surface area (Å²) < 4.78 is 12.3. The van der Waals surface area contributed by atoms with Gasteiger partial charge in [0.1, 0.15) is 5.76 Å². The molecule has 0 amide bonds. The Kier molecular flexibility index (Phi) is 5.71. The third-order valence-corrected chi connectivity index (χ3v) is 6.59. The Hall–Kier alpha value is -1.85. The zero-order chi connectivity index (χ0) is 20.6. The molecule has 3 heterocycles. The van der Waals surface area contributed by atoms with Crippen LogP contribution < -0.4 is 0 Å². The molecular formula is C24H32O5. The number of ether oxygens (including phenoxy) is 2. The highest BCUT2D eigenvalue weighted by Crippen LogP contribution is 2.45. The van der Waals surface area contributed by atoms with Crippen LogP contribution in [0.4, 0.5) is 0 Å². The Morgan fingerprint density at radius 3 is 2.72 bits per heavy atom. The topological polar surface area (TPSA) is 76.0 Å². The fraction of sp³-hybridized carbons (Fsp3) is 0.625. The van der Waals surface area contributed by atoms with Crippen LogP contribution in [0.1, 0.15) is 78.1 Å². The van der Waals surface area contributed by atoms with Crippen molar-refractivity contribution in [2.45, 2.75) is 96.1 Å². The van der Waals surface area contributed by atoms with Gasteiger partial charge < -0.3 is 19.7 Å². The molecule has 0 radical (unpaired) electrons. The van der Waals surface area contributed by atoms with E-state index < -0.39 is 11.6 Å². The summed E-state index contributed by atoms with van der Waals surface area (Å²) in [6.07, 6.45) is 12.9. The Morgan fingerprint density at radius 2 is 1.90 bits per heavy atom. The molecule has 1 fully saturated rings. The molecule has 1 saturated heterocycles. The highest BCUT2D eigenvalue weighted by molar-refractivity contribution is 6.10. The second kappa shape index (κ2) is 8.11. The molecule has 2 N–H and O–H groups in total. The molecule has 5 heteroatoms. The van der Waals surface area contributed by atoms with Crippen LogP contribution in [-0.4, -0.2) is 34.0 Å². The minimum absolute atomic E-state index is 0.128. The number of rotatable bonds is 0. The summed E-state index contributed by atoms with van der Waals surface area (Å²) in [6, 6.07) is 0. The molecule has 5 nitrogen and oxygen atoms in total. The van der Waals surface area contributed by atoms with E-state index >= 15 is 0 Å². The van der Waals surface area contributed by atoms with Crippen molar-refractivity contribution in [3.05, 3.63) is 46.0 Å². The van der Waals surface area contributed by atoms with Gasteiger partial charge in [-0.2, -0.15) is 0 Å². The van der Waals surface area contributed by atoms with Crippen LogP contribution in [0.5, 0.6) is 0 Å². The van der Waals surface area contributed by atoms with E-state index in [9.17, 15) is 15.0 Å². The van der Waals surface area contributed by atoms with E-state index in [2.05, 4.69) is 13.0 Å². The summed E-state index contributed by atoms with van der Waals surface area (Å²) in [5.74, 6) is -1.72. The summed E-state index contributed by atoms with van der Waals surface area (Å²) in [5, 5.41) is 21.8. The molecule has 0 unspecified atom stereocenters. The average molecular weight is 401 g/mol. The maximum atomic E-state index is 12.7. The molecule has 1 aliphatic carbocycles. The molecule has 3 aliphatic heterocycles. The highest BCUT2D eigenvalue weighted by Gasteiger charge is 2.45. The van der Waals surface area contributed by atoms with Gasteiger partial charge in [0.15, 0.2) is 5.76 Å². The standard InChI is InChI=1S/C24H32O5/c1-15-8-3-4-10-17-11-7-12-19(28-17)20-18-14-24(27,13-6-5-9-15)29-23(18)16(2)21(25)22(20)26/h8,14,17,19,26-27H,3-7,9-13H2,1-2H3/b15-8+/t17-,19-,24+/m1/s1. The van der Waals surface area contributed by atoms with Crippen molar-refractivity contribution in [1.29, 1.82) is 0 Å². The molecule has 4 rings (SSSR count). The Bertz CT molecular complexity index is 815. The van der Waals surface area contributed by atoms with Crippen molar-refractivity contribution < 1.29 is 24.5 Å². The second-order valence-electron chi connectivity index (χ2n) is 8.92. The minimum atomic E-state index is -1.44. The molecule has 0 aromatic carbocycles. The van der Waals surface area contributed by atoms with Crippen molar-refractivity contribution in [1.82, 2.24) is 0 Å². The number of aliphatic hydroxyl groups is 2. The Balaban J connectivity index is 1.69. The van der Waals surface area contributed by atoms with Gasteiger partial charge in [0.05, 0.1) is 12.2 Å². The fourth-order valence-corrected chi connectivity index (χ4v) is 4.91. The maximum Gasteiger partial charge on any atom is 0.229 e. The number of fused-ring (bicyclic) bond motifs is 4. The summed E-state index contributed by atoms with van der Waals surface area (Å²) in [6.45, 7) is 3.82. The number of Topliss-reactive ketones (excluding diaryl/α,β-unsaturated/α-hetero) is 1. The first-order valence-electron chi connectivity index (χ1n) is 11.0. The molecule has 4 aliphatic rings. The van der Waals surface area contributed by atoms with Gasteiger partial charge in [-0.05, 0) is 77.7 Å². The molecule has 158 valence electrons. The first-order chi connectivity index (χ1) is 13.9. The van der Waals surface area contributed by atoms with Crippen molar-refractivity contribution >= 4 is 5.78 Å². The summed E-state index contributed by atoms with van der Waals surface area (Å²) in [4.78, 5) is 12.7. The largest absolute Gasteiger partial charge is 0.504 e. The lowest BCUT2D eigenvalue weighted by molar-refractivity contribution is -0.132. The highest BCUT2D eigenvalue weighted by atomic mass is 16.6. The van der Waals surface area contributed by atoms with E-state index in [1.807, 2.05) is 0 Å². The number of hydrogen-bond donors (Lipinski definition) is 2. The van der Waals surface area contributed by atoms with Crippen LogP contribution in [0.15, 0.2) is 46.0 Å². The van der Waals surface area contributed by atoms with Gasteiger partial charge in [0, 0.05) is 23.1 Å². The molecule has 0 aromatic heterocycles. The molecule has 0 aromatic rings. The quantitative estimate of drug-likeness (QED) is 0.564. The molecular weight excluding hydrogens is 368 g/mol. The van der Waals surface area contributed by atoms with E-state index in [0.29, 0.717) is 28.9 Å². The number of allylic oxidation sites excluding steroid dienone is 4. The van der Waals surface area contributed by atoms with Crippen LogP contribution in [0.2, 0.25) is 0 Å². The summed E-state index contributed by atoms with van der Waals surface area (Å²) >= 11 is 0. The van der Waals surface area contributed by atoms with E-state index in [1.165, 1.54) is 5.57 Å². The monoisotopic (exact) mass is 400 g/mol. The van der Waals surface area contributed by atoms with Gasteiger partial charge in [-0.3, -0.25) is 4.79 Å². The first kappa shape index (κ1) is 20.4. The van der Waals surface area contributed by atoms with Crippen molar-refractivity contribution in [2.24, 2.45) is 0 Å². The van der Waals surface area contributed by atoms with Crippen LogP contribution in [-0.2, 0) is 14.3 Å². The van der Waals surface area contributed by atoms with Crippen molar-refractivity contribution in [3.8, 4) is 0 Å². The van der Waals surface area contributed by atoms with E-state index in [4.69, 9.17) is 9.47 Å². The lowest BCUT2D eigenvalue weighted by Crippen LogP contribution is -2.33. The molecule has 0 spiro atoms. The van der Waals surface area contributed by atoms with Gasteiger partial charge in [0.2, 0.25) is 11.6 Å². The maximum absolute atomic E-state index is 12.7. The Labute approximate surface area is 172 Å². The number of ketones is 1. The van der Waals surface area contributed by atoms with E-state index in [-0.39, 0.29) is 18.0 Å². The number of carbonyl (C=O) groups excluding carboxylic acids is 1. The zero-order valence-corrected chi connectivity index (χ0v) is 17.5. The lowest BCUT2D eigenvalue weighted by Gasteiger charge is -2.33. The van der Waals surface area contributed by atoms with Gasteiger partial charge in [-0.15, -0.1) is 0 Å². The SMILES string of the molecule is CC1=C2O[C@]3(O)C=C2C(=C(O)C1=O)[C@H]1CCC[C@@H](CCC/C=C(\C)CCCC3)O1. The van der Waals surface area contributed by atoms with Crippen LogP contribution in [0.3, 0.4) is 0 Å². The van der Waals surface area contributed by atoms with Gasteiger partial charge in [-0.1, -0.05) is 11.6 Å². The van der Waals surface area contributed by atoms with Crippen LogP contribution >= 0.6 is 0 Å². The normalized spacial score (nSPS) is 35.8. The predicted molar refractivity (Wildman–Crippen MR) is 110 cm³/mol. The summed E-state index contributed by atoms with van der Waals surface area (Å²) in [5.41, 5.74) is 2.87. The smallest absolute Gasteiger partial charge is 0.229 e. The van der Waals surface area contributed by atoms with E-state index in [0.717, 1.165) is 57.8 Å². The van der Waals surface area contributed by atoms with Gasteiger partial charge >= 0.3 is 0 Å². The number of carbonyl (C=O) groups is 1. The second-order valence-corrected chi connectivity index (χ2v) is 8.92. The third-order valence-electron chi connectivity index (χ3n) is 6.59. The average Bonchev–Trinajstić information content (AvgIpc) is 3.04. The Morgan fingerprint density at radius 1 is 1.10 bits per heavy atom. The summed E-state index contributed by atoms with van der Waals surface area (Å²) in [7, 11) is 0. The lowest BCUT2D eigenvalue weighted by atomic mass is 9.84. The molecule has 4 bridgehead atoms. The number of hydrogen-bond acceptors (Lipinski definition) is 5. The predicted octanol–water partition coefficient (Wildman–Crippen LogP) is 4.93. The van der Waals surface area contributed by atoms with E-state index in [1.54, 1.807) is 13.0 Å². The molecule has 0 saturated carbocycles. The van der Waals surface area contributed by atoms with Gasteiger partial charge in [0.25, 0.3) is 0 Å². The van der Waals surface area contributed by atoms with Crippen molar-refractivity contribution in [3.63, 3.8) is 0 Å². The molecule has 29 heavy (non-hydrogen) atoms. The van der Waals surface area contributed by atoms with Crippen LogP contribution in [0.25, 0.3) is 0 Å². The molecule has 3 atom stereocenters. The zero-order valence-electron chi connectivity index (χ0n) is 17.5. The van der Waals surface area contributed by atoms with Crippen LogP contribution in [0, 0.1) is 0 Å². The van der Waals surface area contributed by atoms with Crippen molar-refractivity contribution in [2.75, 3.05) is 0 Å². The third kappa shape index (κ3) is 4.08. The first-order valence-corrected chi connectivity index (χ1v) is 11.0. The van der Waals surface area contributed by atoms with Gasteiger partial charge in [-0.25, -0.2) is 0 Å².